The second-order valence-corrected chi connectivity index (χ2v) is 7.45. The Morgan fingerprint density at radius 2 is 2.00 bits per heavy atom. The van der Waals surface area contributed by atoms with Gasteiger partial charge in [-0.3, -0.25) is 4.79 Å². The number of rotatable bonds is 7. The summed E-state index contributed by atoms with van der Waals surface area (Å²) in [5.41, 5.74) is 1.55. The number of benzene rings is 2. The highest BCUT2D eigenvalue weighted by Gasteiger charge is 2.35. The number of para-hydroxylation sites is 1. The standard InChI is InChI=1S/C22H22ClN3O3/c1-2-3-12-28-17-10-8-15(9-11-17)21-24-22(29-25-21)16-13-20(27)26(14-16)19-7-5-4-6-18(19)23/h4-11,16H,2-3,12-14H2,1H3. The first-order valence-electron chi connectivity index (χ1n) is 9.77. The SMILES string of the molecule is CCCCOc1ccc(-c2noc(C3CC(=O)N(c4ccccc4Cl)C3)n2)cc1. The highest BCUT2D eigenvalue weighted by molar-refractivity contribution is 6.33. The second kappa shape index (κ2) is 8.66. The summed E-state index contributed by atoms with van der Waals surface area (Å²) in [5.74, 6) is 1.63. The fraction of sp³-hybridized carbons (Fsp3) is 0.318. The quantitative estimate of drug-likeness (QED) is 0.506. The van der Waals surface area contributed by atoms with Crippen LogP contribution in [-0.4, -0.2) is 29.2 Å². The largest absolute Gasteiger partial charge is 0.494 e. The minimum atomic E-state index is -0.156. The Morgan fingerprint density at radius 3 is 2.76 bits per heavy atom. The third kappa shape index (κ3) is 4.27. The number of anilines is 1. The molecule has 2 heterocycles. The van der Waals surface area contributed by atoms with Crippen molar-refractivity contribution in [2.75, 3.05) is 18.1 Å². The van der Waals surface area contributed by atoms with E-state index >= 15 is 0 Å². The van der Waals surface area contributed by atoms with Crippen LogP contribution in [0.3, 0.4) is 0 Å². The predicted octanol–water partition coefficient (Wildman–Crippen LogP) is 5.09. The Morgan fingerprint density at radius 1 is 1.21 bits per heavy atom. The molecule has 0 spiro atoms. The zero-order valence-corrected chi connectivity index (χ0v) is 16.9. The van der Waals surface area contributed by atoms with Crippen LogP contribution in [0.1, 0.15) is 38.0 Å². The van der Waals surface area contributed by atoms with Gasteiger partial charge in [0.2, 0.25) is 17.6 Å². The molecule has 1 saturated heterocycles. The normalized spacial score (nSPS) is 16.4. The van der Waals surface area contributed by atoms with Crippen LogP contribution < -0.4 is 9.64 Å². The number of carbonyl (C=O) groups excluding carboxylic acids is 1. The number of aromatic nitrogens is 2. The summed E-state index contributed by atoms with van der Waals surface area (Å²) in [4.78, 5) is 18.7. The lowest BCUT2D eigenvalue weighted by atomic mass is 10.1. The van der Waals surface area contributed by atoms with Crippen LogP contribution in [0.4, 0.5) is 5.69 Å². The molecule has 1 fully saturated rings. The van der Waals surface area contributed by atoms with Crippen LogP contribution in [0.5, 0.6) is 5.75 Å². The van der Waals surface area contributed by atoms with E-state index in [0.29, 0.717) is 42.0 Å². The molecule has 1 aliphatic rings. The summed E-state index contributed by atoms with van der Waals surface area (Å²) in [5, 5.41) is 4.64. The number of unbranched alkanes of at least 4 members (excludes halogenated alkanes) is 1. The van der Waals surface area contributed by atoms with Gasteiger partial charge in [0.05, 0.1) is 23.2 Å². The molecule has 0 radical (unpaired) electrons. The zero-order chi connectivity index (χ0) is 20.2. The first kappa shape index (κ1) is 19.5. The molecule has 0 saturated carbocycles. The topological polar surface area (TPSA) is 68.5 Å². The predicted molar refractivity (Wildman–Crippen MR) is 111 cm³/mol. The van der Waals surface area contributed by atoms with E-state index in [2.05, 4.69) is 17.1 Å². The summed E-state index contributed by atoms with van der Waals surface area (Å²) in [6.45, 7) is 3.31. The van der Waals surface area contributed by atoms with Gasteiger partial charge < -0.3 is 14.2 Å². The van der Waals surface area contributed by atoms with Gasteiger partial charge in [-0.25, -0.2) is 0 Å². The number of hydrogen-bond acceptors (Lipinski definition) is 5. The zero-order valence-electron chi connectivity index (χ0n) is 16.2. The number of amides is 1. The average Bonchev–Trinajstić information content (AvgIpc) is 3.36. The molecular formula is C22H22ClN3O3. The van der Waals surface area contributed by atoms with E-state index < -0.39 is 0 Å². The minimum absolute atomic E-state index is 0.00330. The molecule has 1 amide bonds. The van der Waals surface area contributed by atoms with Gasteiger partial charge >= 0.3 is 0 Å². The molecule has 3 aromatic rings. The van der Waals surface area contributed by atoms with Gasteiger partial charge in [0.25, 0.3) is 0 Å². The lowest BCUT2D eigenvalue weighted by molar-refractivity contribution is -0.117. The van der Waals surface area contributed by atoms with E-state index in [4.69, 9.17) is 20.9 Å². The molecule has 0 aliphatic carbocycles. The van der Waals surface area contributed by atoms with Crippen molar-refractivity contribution in [1.82, 2.24) is 10.1 Å². The maximum Gasteiger partial charge on any atom is 0.232 e. The Balaban J connectivity index is 1.45. The first-order valence-corrected chi connectivity index (χ1v) is 10.1. The molecule has 1 aliphatic heterocycles. The Kier molecular flexibility index (Phi) is 5.81. The number of nitrogens with zero attached hydrogens (tertiary/aromatic N) is 3. The molecule has 0 N–H and O–H groups in total. The molecule has 150 valence electrons. The van der Waals surface area contributed by atoms with Crippen LogP contribution in [0.15, 0.2) is 53.1 Å². The van der Waals surface area contributed by atoms with E-state index in [-0.39, 0.29) is 11.8 Å². The summed E-state index contributed by atoms with van der Waals surface area (Å²) in [6.07, 6.45) is 2.44. The number of hydrogen-bond donors (Lipinski definition) is 0. The molecule has 0 bridgehead atoms. The van der Waals surface area contributed by atoms with Crippen molar-refractivity contribution >= 4 is 23.2 Å². The van der Waals surface area contributed by atoms with Crippen LogP contribution in [0.25, 0.3) is 11.4 Å². The van der Waals surface area contributed by atoms with Gasteiger partial charge in [0, 0.05) is 18.5 Å². The van der Waals surface area contributed by atoms with E-state index in [1.54, 1.807) is 11.0 Å². The van der Waals surface area contributed by atoms with Crippen LogP contribution in [0, 0.1) is 0 Å². The molecule has 1 unspecified atom stereocenters. The maximum absolute atomic E-state index is 12.5. The lowest BCUT2D eigenvalue weighted by Gasteiger charge is -2.17. The van der Waals surface area contributed by atoms with Gasteiger partial charge in [-0.05, 0) is 42.8 Å². The van der Waals surface area contributed by atoms with Crippen molar-refractivity contribution in [3.8, 4) is 17.1 Å². The van der Waals surface area contributed by atoms with Crippen LogP contribution in [-0.2, 0) is 4.79 Å². The van der Waals surface area contributed by atoms with E-state index in [1.165, 1.54) is 0 Å². The molecule has 2 aromatic carbocycles. The van der Waals surface area contributed by atoms with Crippen molar-refractivity contribution < 1.29 is 14.1 Å². The molecule has 1 aromatic heterocycles. The molecule has 4 rings (SSSR count). The lowest BCUT2D eigenvalue weighted by Crippen LogP contribution is -2.24. The van der Waals surface area contributed by atoms with Gasteiger partial charge in [-0.2, -0.15) is 4.98 Å². The first-order chi connectivity index (χ1) is 14.2. The number of ether oxygens (including phenoxy) is 1. The monoisotopic (exact) mass is 411 g/mol. The minimum Gasteiger partial charge on any atom is -0.494 e. The fourth-order valence-corrected chi connectivity index (χ4v) is 3.57. The highest BCUT2D eigenvalue weighted by Crippen LogP contribution is 2.35. The second-order valence-electron chi connectivity index (χ2n) is 7.04. The summed E-state index contributed by atoms with van der Waals surface area (Å²) in [6, 6.07) is 14.9. The summed E-state index contributed by atoms with van der Waals surface area (Å²) >= 11 is 6.24. The van der Waals surface area contributed by atoms with Crippen LogP contribution >= 0.6 is 11.6 Å². The molecule has 6 nitrogen and oxygen atoms in total. The number of halogens is 1. The van der Waals surface area contributed by atoms with E-state index in [9.17, 15) is 4.79 Å². The smallest absolute Gasteiger partial charge is 0.232 e. The summed E-state index contributed by atoms with van der Waals surface area (Å²) in [7, 11) is 0. The molecule has 29 heavy (non-hydrogen) atoms. The van der Waals surface area contributed by atoms with Crippen molar-refractivity contribution in [3.05, 3.63) is 59.4 Å². The Bertz CT molecular complexity index is 987. The van der Waals surface area contributed by atoms with Gasteiger partial charge in [0.15, 0.2) is 0 Å². The van der Waals surface area contributed by atoms with Gasteiger partial charge in [0.1, 0.15) is 5.75 Å². The third-order valence-corrected chi connectivity index (χ3v) is 5.26. The fourth-order valence-electron chi connectivity index (χ4n) is 3.33. The molecule has 1 atom stereocenters. The number of carbonyl (C=O) groups is 1. The molecular weight excluding hydrogens is 390 g/mol. The van der Waals surface area contributed by atoms with Gasteiger partial charge in [-0.15, -0.1) is 0 Å². The maximum atomic E-state index is 12.5. The van der Waals surface area contributed by atoms with E-state index in [0.717, 1.165) is 24.2 Å². The van der Waals surface area contributed by atoms with Crippen molar-refractivity contribution in [3.63, 3.8) is 0 Å². The Labute approximate surface area is 174 Å². The van der Waals surface area contributed by atoms with Crippen molar-refractivity contribution in [2.45, 2.75) is 32.1 Å². The van der Waals surface area contributed by atoms with E-state index in [1.807, 2.05) is 42.5 Å². The van der Waals surface area contributed by atoms with Gasteiger partial charge in [-0.1, -0.05) is 42.2 Å². The summed E-state index contributed by atoms with van der Waals surface area (Å²) < 4.78 is 11.2. The van der Waals surface area contributed by atoms with Crippen LogP contribution in [0.2, 0.25) is 5.02 Å². The average molecular weight is 412 g/mol. The van der Waals surface area contributed by atoms with Crippen molar-refractivity contribution in [2.24, 2.45) is 0 Å². The van der Waals surface area contributed by atoms with Crippen molar-refractivity contribution in [1.29, 1.82) is 0 Å². The molecule has 7 heteroatoms. The third-order valence-electron chi connectivity index (χ3n) is 4.94. The highest BCUT2D eigenvalue weighted by atomic mass is 35.5. The Hall–Kier alpha value is -2.86.